The van der Waals surface area contributed by atoms with Crippen LogP contribution in [0.3, 0.4) is 0 Å². The van der Waals surface area contributed by atoms with Crippen LogP contribution in [-0.4, -0.2) is 62.2 Å². The molecule has 2 aromatic rings. The van der Waals surface area contributed by atoms with E-state index in [9.17, 15) is 4.79 Å². The maximum absolute atomic E-state index is 13.6. The summed E-state index contributed by atoms with van der Waals surface area (Å²) in [4.78, 5) is 22.9. The second-order valence-corrected chi connectivity index (χ2v) is 7.62. The van der Waals surface area contributed by atoms with Gasteiger partial charge in [0.25, 0.3) is 5.91 Å². The average molecular weight is 355 g/mol. The van der Waals surface area contributed by atoms with Crippen LogP contribution in [0.2, 0.25) is 0 Å². The predicted molar refractivity (Wildman–Crippen MR) is 102 cm³/mol. The largest absolute Gasteiger partial charge is 0.333 e. The molecule has 0 unspecified atom stereocenters. The molecular formula is C20H29N5O. The van der Waals surface area contributed by atoms with E-state index in [1.807, 2.05) is 23.9 Å². The van der Waals surface area contributed by atoms with Crippen molar-refractivity contribution in [2.24, 2.45) is 0 Å². The molecule has 0 N–H and O–H groups in total. The molecule has 3 heterocycles. The lowest BCUT2D eigenvalue weighted by Crippen LogP contribution is -2.48. The van der Waals surface area contributed by atoms with Crippen molar-refractivity contribution in [1.29, 1.82) is 0 Å². The molecule has 1 saturated heterocycles. The molecular weight excluding hydrogens is 326 g/mol. The van der Waals surface area contributed by atoms with Gasteiger partial charge in [0.2, 0.25) is 0 Å². The van der Waals surface area contributed by atoms with Crippen LogP contribution >= 0.6 is 0 Å². The van der Waals surface area contributed by atoms with Crippen LogP contribution < -0.4 is 0 Å². The Hall–Kier alpha value is -1.95. The van der Waals surface area contributed by atoms with Gasteiger partial charge in [0.1, 0.15) is 0 Å². The summed E-state index contributed by atoms with van der Waals surface area (Å²) in [5.41, 5.74) is 2.48. The number of carbonyl (C=O) groups is 1. The number of hydrogen-bond donors (Lipinski definition) is 0. The third kappa shape index (κ3) is 3.11. The molecule has 1 aliphatic heterocycles. The normalized spacial score (nSPS) is 19.2. The van der Waals surface area contributed by atoms with E-state index >= 15 is 0 Å². The Morgan fingerprint density at radius 1 is 1.15 bits per heavy atom. The molecule has 0 spiro atoms. The Labute approximate surface area is 155 Å². The van der Waals surface area contributed by atoms with Crippen LogP contribution in [0.25, 0.3) is 11.0 Å². The predicted octanol–water partition coefficient (Wildman–Crippen LogP) is 2.85. The Balaban J connectivity index is 1.67. The highest BCUT2D eigenvalue weighted by Gasteiger charge is 2.39. The molecule has 0 atom stereocenters. The molecule has 2 aliphatic rings. The minimum Gasteiger partial charge on any atom is -0.333 e. The Morgan fingerprint density at radius 2 is 1.85 bits per heavy atom. The van der Waals surface area contributed by atoms with Gasteiger partial charge in [0.05, 0.1) is 17.1 Å². The summed E-state index contributed by atoms with van der Waals surface area (Å²) in [6.45, 7) is 10.3. The van der Waals surface area contributed by atoms with Gasteiger partial charge in [0.15, 0.2) is 5.65 Å². The average Bonchev–Trinajstić information content (AvgIpc) is 3.40. The smallest absolute Gasteiger partial charge is 0.255 e. The fourth-order valence-corrected chi connectivity index (χ4v) is 4.22. The van der Waals surface area contributed by atoms with Crippen molar-refractivity contribution in [3.63, 3.8) is 0 Å². The third-order valence-corrected chi connectivity index (χ3v) is 5.84. The van der Waals surface area contributed by atoms with Gasteiger partial charge in [-0.05, 0) is 52.1 Å². The van der Waals surface area contributed by atoms with Crippen molar-refractivity contribution in [2.75, 3.05) is 19.6 Å². The van der Waals surface area contributed by atoms with Crippen molar-refractivity contribution in [1.82, 2.24) is 24.6 Å². The molecule has 0 radical (unpaired) electrons. The second-order valence-electron chi connectivity index (χ2n) is 7.62. The lowest BCUT2D eigenvalue weighted by Gasteiger charge is -2.38. The van der Waals surface area contributed by atoms with Crippen molar-refractivity contribution < 1.29 is 4.79 Å². The van der Waals surface area contributed by atoms with Gasteiger partial charge in [-0.3, -0.25) is 4.79 Å². The van der Waals surface area contributed by atoms with Gasteiger partial charge < -0.3 is 9.80 Å². The fraction of sp³-hybridized carbons (Fsp3) is 0.650. The number of likely N-dealkylation sites (tertiary alicyclic amines) is 1. The summed E-state index contributed by atoms with van der Waals surface area (Å²) in [7, 11) is 0. The van der Waals surface area contributed by atoms with Gasteiger partial charge in [-0.25, -0.2) is 9.67 Å². The third-order valence-electron chi connectivity index (χ3n) is 5.84. The van der Waals surface area contributed by atoms with Crippen molar-refractivity contribution >= 4 is 16.9 Å². The van der Waals surface area contributed by atoms with E-state index in [4.69, 9.17) is 0 Å². The summed E-state index contributed by atoms with van der Waals surface area (Å²) in [6, 6.07) is 2.73. The summed E-state index contributed by atoms with van der Waals surface area (Å²) in [5.74, 6) is 0.175. The first-order valence-corrected chi connectivity index (χ1v) is 10.0. The van der Waals surface area contributed by atoms with Crippen LogP contribution in [0.1, 0.15) is 55.6 Å². The molecule has 1 amide bonds. The summed E-state index contributed by atoms with van der Waals surface area (Å²) < 4.78 is 1.88. The molecule has 2 fully saturated rings. The van der Waals surface area contributed by atoms with Crippen LogP contribution in [0, 0.1) is 6.92 Å². The lowest BCUT2D eigenvalue weighted by molar-refractivity contribution is 0.0556. The molecule has 6 nitrogen and oxygen atoms in total. The van der Waals surface area contributed by atoms with Crippen molar-refractivity contribution in [3.8, 4) is 0 Å². The first-order valence-electron chi connectivity index (χ1n) is 10.0. The summed E-state index contributed by atoms with van der Waals surface area (Å²) in [6.07, 6.45) is 6.25. The minimum absolute atomic E-state index is 0.175. The lowest BCUT2D eigenvalue weighted by atomic mass is 10.0. The van der Waals surface area contributed by atoms with Gasteiger partial charge >= 0.3 is 0 Å². The molecule has 4 rings (SSSR count). The summed E-state index contributed by atoms with van der Waals surface area (Å²) in [5, 5.41) is 5.32. The molecule has 26 heavy (non-hydrogen) atoms. The number of aryl methyl sites for hydroxylation is 2. The van der Waals surface area contributed by atoms with E-state index < -0.39 is 0 Å². The van der Waals surface area contributed by atoms with Crippen LogP contribution in [0.15, 0.2) is 12.3 Å². The zero-order chi connectivity index (χ0) is 18.3. The first kappa shape index (κ1) is 17.5. The van der Waals surface area contributed by atoms with Gasteiger partial charge in [-0.2, -0.15) is 5.10 Å². The second kappa shape index (κ2) is 6.99. The van der Waals surface area contributed by atoms with E-state index in [2.05, 4.69) is 33.7 Å². The maximum Gasteiger partial charge on any atom is 0.255 e. The molecule has 0 bridgehead atoms. The molecule has 1 saturated carbocycles. The van der Waals surface area contributed by atoms with Gasteiger partial charge in [-0.1, -0.05) is 6.92 Å². The van der Waals surface area contributed by atoms with Gasteiger partial charge in [0, 0.05) is 37.4 Å². The highest BCUT2D eigenvalue weighted by Crippen LogP contribution is 2.34. The first-order chi connectivity index (χ1) is 12.6. The quantitative estimate of drug-likeness (QED) is 0.828. The minimum atomic E-state index is 0.175. The fourth-order valence-electron chi connectivity index (χ4n) is 4.22. The Morgan fingerprint density at radius 3 is 2.46 bits per heavy atom. The summed E-state index contributed by atoms with van der Waals surface area (Å²) >= 11 is 0. The molecule has 2 aromatic heterocycles. The zero-order valence-electron chi connectivity index (χ0n) is 16.1. The van der Waals surface area contributed by atoms with E-state index in [1.54, 1.807) is 0 Å². The number of hydrogen-bond acceptors (Lipinski definition) is 4. The molecule has 0 aromatic carbocycles. The maximum atomic E-state index is 13.6. The van der Waals surface area contributed by atoms with E-state index in [0.717, 1.165) is 74.2 Å². The zero-order valence-corrected chi connectivity index (χ0v) is 16.1. The topological polar surface area (TPSA) is 54.3 Å². The monoisotopic (exact) mass is 355 g/mol. The number of amides is 1. The van der Waals surface area contributed by atoms with Crippen LogP contribution in [0.5, 0.6) is 0 Å². The van der Waals surface area contributed by atoms with Crippen LogP contribution in [-0.2, 0) is 6.54 Å². The molecule has 140 valence electrons. The SMILES string of the molecule is CCN1CCC(N(C(=O)c2cc(C)nc3c2cnn3CC)C2CC2)CC1. The Bertz CT molecular complexity index is 802. The Kier molecular flexibility index (Phi) is 4.69. The number of carbonyl (C=O) groups excluding carboxylic acids is 1. The number of fused-ring (bicyclic) bond motifs is 1. The highest BCUT2D eigenvalue weighted by molar-refractivity contribution is 6.05. The van der Waals surface area contributed by atoms with Crippen molar-refractivity contribution in [3.05, 3.63) is 23.5 Å². The number of pyridine rings is 1. The number of piperidine rings is 1. The standard InChI is InChI=1S/C20H29N5O/c1-4-23-10-8-16(9-11-23)25(15-6-7-15)20(26)17-12-14(3)22-19-18(17)13-21-24(19)5-2/h12-13,15-16H,4-11H2,1-3H3. The number of nitrogens with zero attached hydrogens (tertiary/aromatic N) is 5. The number of aromatic nitrogens is 3. The highest BCUT2D eigenvalue weighted by atomic mass is 16.2. The van der Waals surface area contributed by atoms with E-state index in [-0.39, 0.29) is 5.91 Å². The number of rotatable bonds is 5. The van der Waals surface area contributed by atoms with E-state index in [0.29, 0.717) is 12.1 Å². The van der Waals surface area contributed by atoms with E-state index in [1.165, 1.54) is 0 Å². The molecule has 1 aliphatic carbocycles. The van der Waals surface area contributed by atoms with Crippen molar-refractivity contribution in [2.45, 2.75) is 65.1 Å². The van der Waals surface area contributed by atoms with Gasteiger partial charge in [-0.15, -0.1) is 0 Å². The van der Waals surface area contributed by atoms with Crippen LogP contribution in [0.4, 0.5) is 0 Å². The molecule has 6 heteroatoms.